The number of carbonyl (C=O) groups excluding carboxylic acids is 1. The summed E-state index contributed by atoms with van der Waals surface area (Å²) < 4.78 is 0. The minimum Gasteiger partial charge on any atom is -0.341 e. The van der Waals surface area contributed by atoms with Crippen LogP contribution in [0.3, 0.4) is 0 Å². The lowest BCUT2D eigenvalue weighted by molar-refractivity contribution is -0.136. The van der Waals surface area contributed by atoms with Crippen molar-refractivity contribution in [1.29, 1.82) is 0 Å². The quantitative estimate of drug-likeness (QED) is 0.801. The first kappa shape index (κ1) is 18.0. The molecule has 4 heteroatoms. The van der Waals surface area contributed by atoms with Gasteiger partial charge >= 0.3 is 0 Å². The zero-order valence-corrected chi connectivity index (χ0v) is 15.5. The van der Waals surface area contributed by atoms with E-state index in [1.807, 2.05) is 48.3 Å². The van der Waals surface area contributed by atoms with Crippen LogP contribution in [-0.4, -0.2) is 35.8 Å². The fourth-order valence-corrected chi connectivity index (χ4v) is 3.71. The van der Waals surface area contributed by atoms with Crippen LogP contribution in [0.2, 0.25) is 5.02 Å². The first-order valence-corrected chi connectivity index (χ1v) is 9.26. The smallest absolute Gasteiger partial charge is 0.227 e. The van der Waals surface area contributed by atoms with Gasteiger partial charge in [-0.2, -0.15) is 0 Å². The summed E-state index contributed by atoms with van der Waals surface area (Å²) in [5.41, 5.74) is 2.30. The first-order valence-electron chi connectivity index (χ1n) is 8.88. The molecule has 0 radical (unpaired) electrons. The van der Waals surface area contributed by atoms with Crippen LogP contribution >= 0.6 is 11.6 Å². The summed E-state index contributed by atoms with van der Waals surface area (Å²) in [6, 6.07) is 18.1. The Morgan fingerprint density at radius 1 is 1.16 bits per heavy atom. The number of likely N-dealkylation sites (tertiary alicyclic amines) is 1. The van der Waals surface area contributed by atoms with E-state index in [1.54, 1.807) is 0 Å². The highest BCUT2D eigenvalue weighted by Crippen LogP contribution is 2.23. The summed E-state index contributed by atoms with van der Waals surface area (Å²) >= 11 is 6.28. The van der Waals surface area contributed by atoms with Gasteiger partial charge in [0.25, 0.3) is 0 Å². The van der Waals surface area contributed by atoms with Gasteiger partial charge in [0.15, 0.2) is 0 Å². The van der Waals surface area contributed by atoms with Crippen molar-refractivity contribution < 1.29 is 4.79 Å². The summed E-state index contributed by atoms with van der Waals surface area (Å²) in [5.74, 6) is 0.317. The second-order valence-electron chi connectivity index (χ2n) is 6.85. The van der Waals surface area contributed by atoms with Crippen molar-refractivity contribution in [2.75, 3.05) is 20.1 Å². The van der Waals surface area contributed by atoms with E-state index in [-0.39, 0.29) is 11.8 Å². The number of hydrogen-bond acceptors (Lipinski definition) is 2. The van der Waals surface area contributed by atoms with Gasteiger partial charge in [-0.15, -0.1) is 0 Å². The van der Waals surface area contributed by atoms with Crippen LogP contribution in [0.5, 0.6) is 0 Å². The van der Waals surface area contributed by atoms with Gasteiger partial charge in [-0.1, -0.05) is 60.1 Å². The van der Waals surface area contributed by atoms with Gasteiger partial charge in [-0.3, -0.25) is 9.69 Å². The minimum absolute atomic E-state index is 0.0740. The maximum Gasteiger partial charge on any atom is 0.227 e. The number of rotatable bonds is 5. The van der Waals surface area contributed by atoms with Gasteiger partial charge < -0.3 is 4.90 Å². The van der Waals surface area contributed by atoms with E-state index in [0.29, 0.717) is 6.54 Å². The van der Waals surface area contributed by atoms with Crippen molar-refractivity contribution in [3.63, 3.8) is 0 Å². The van der Waals surface area contributed by atoms with E-state index < -0.39 is 0 Å². The fourth-order valence-electron chi connectivity index (χ4n) is 3.52. The normalized spacial score (nSPS) is 18.1. The summed E-state index contributed by atoms with van der Waals surface area (Å²) in [6.07, 6.45) is 2.02. The molecule has 1 saturated heterocycles. The molecule has 1 aliphatic rings. The molecule has 0 unspecified atom stereocenters. The van der Waals surface area contributed by atoms with Crippen LogP contribution in [0, 0.1) is 5.92 Å². The molecule has 0 aliphatic carbocycles. The molecule has 2 aromatic carbocycles. The van der Waals surface area contributed by atoms with Crippen molar-refractivity contribution >= 4 is 17.5 Å². The number of piperidine rings is 1. The van der Waals surface area contributed by atoms with Crippen molar-refractivity contribution in [3.05, 3.63) is 70.7 Å². The van der Waals surface area contributed by atoms with E-state index in [9.17, 15) is 4.79 Å². The first-order chi connectivity index (χ1) is 12.1. The Balaban J connectivity index is 1.58. The molecule has 3 rings (SSSR count). The SMILES string of the molecule is CN(Cc1ccccc1)C(=O)[C@H]1CCCN(Cc2ccccc2Cl)C1. The highest BCUT2D eigenvalue weighted by molar-refractivity contribution is 6.31. The molecule has 0 N–H and O–H groups in total. The Morgan fingerprint density at radius 2 is 1.88 bits per heavy atom. The zero-order chi connectivity index (χ0) is 17.6. The summed E-state index contributed by atoms with van der Waals surface area (Å²) in [7, 11) is 1.91. The number of carbonyl (C=O) groups is 1. The maximum absolute atomic E-state index is 12.8. The lowest BCUT2D eigenvalue weighted by Gasteiger charge is -2.34. The van der Waals surface area contributed by atoms with E-state index in [0.717, 1.165) is 43.1 Å². The summed E-state index contributed by atoms with van der Waals surface area (Å²) in [5, 5.41) is 0.803. The number of halogens is 1. The third-order valence-electron chi connectivity index (χ3n) is 4.85. The molecule has 1 aliphatic heterocycles. The van der Waals surface area contributed by atoms with Gasteiger partial charge in [0, 0.05) is 31.7 Å². The monoisotopic (exact) mass is 356 g/mol. The Kier molecular flexibility index (Phi) is 6.11. The molecule has 1 amide bonds. The molecule has 25 heavy (non-hydrogen) atoms. The van der Waals surface area contributed by atoms with Gasteiger partial charge in [-0.05, 0) is 36.6 Å². The Bertz CT molecular complexity index is 704. The fraction of sp³-hybridized carbons (Fsp3) is 0.381. The molecule has 0 aromatic heterocycles. The molecular weight excluding hydrogens is 332 g/mol. The standard InChI is InChI=1S/C21H25ClN2O/c1-23(14-17-8-3-2-4-9-17)21(25)19-11-7-13-24(16-19)15-18-10-5-6-12-20(18)22/h2-6,8-10,12,19H,7,11,13-16H2,1H3/t19-/m0/s1. The Hall–Kier alpha value is -1.84. The van der Waals surface area contributed by atoms with E-state index >= 15 is 0 Å². The molecule has 1 atom stereocenters. The van der Waals surface area contributed by atoms with Crippen molar-refractivity contribution in [2.24, 2.45) is 5.92 Å². The third-order valence-corrected chi connectivity index (χ3v) is 5.21. The minimum atomic E-state index is 0.0740. The molecule has 132 valence electrons. The number of amides is 1. The molecule has 1 fully saturated rings. The summed E-state index contributed by atoms with van der Waals surface area (Å²) in [6.45, 7) is 3.31. The molecule has 0 spiro atoms. The third kappa shape index (κ3) is 4.83. The van der Waals surface area contributed by atoms with Crippen LogP contribution in [0.25, 0.3) is 0 Å². The average Bonchev–Trinajstić information content (AvgIpc) is 2.64. The highest BCUT2D eigenvalue weighted by Gasteiger charge is 2.28. The van der Waals surface area contributed by atoms with Crippen LogP contribution in [0.1, 0.15) is 24.0 Å². The van der Waals surface area contributed by atoms with Gasteiger partial charge in [-0.25, -0.2) is 0 Å². The lowest BCUT2D eigenvalue weighted by Crippen LogP contribution is -2.43. The number of hydrogen-bond donors (Lipinski definition) is 0. The predicted molar refractivity (Wildman–Crippen MR) is 102 cm³/mol. The van der Waals surface area contributed by atoms with Crippen LogP contribution in [-0.2, 0) is 17.9 Å². The topological polar surface area (TPSA) is 23.6 Å². The average molecular weight is 357 g/mol. The molecule has 0 saturated carbocycles. The van der Waals surface area contributed by atoms with Crippen LogP contribution in [0.4, 0.5) is 0 Å². The second kappa shape index (κ2) is 8.50. The van der Waals surface area contributed by atoms with E-state index in [2.05, 4.69) is 23.1 Å². The van der Waals surface area contributed by atoms with Gasteiger partial charge in [0.2, 0.25) is 5.91 Å². The number of benzene rings is 2. The van der Waals surface area contributed by atoms with Crippen molar-refractivity contribution in [2.45, 2.75) is 25.9 Å². The molecule has 1 heterocycles. The Labute approximate surface area is 155 Å². The molecule has 3 nitrogen and oxygen atoms in total. The second-order valence-corrected chi connectivity index (χ2v) is 7.25. The maximum atomic E-state index is 12.8. The Morgan fingerprint density at radius 3 is 2.64 bits per heavy atom. The van der Waals surface area contributed by atoms with Gasteiger partial charge in [0.05, 0.1) is 5.92 Å². The molecule has 0 bridgehead atoms. The largest absolute Gasteiger partial charge is 0.341 e. The lowest BCUT2D eigenvalue weighted by atomic mass is 9.96. The molecule has 2 aromatic rings. The number of nitrogens with zero attached hydrogens (tertiary/aromatic N) is 2. The van der Waals surface area contributed by atoms with Crippen LogP contribution < -0.4 is 0 Å². The predicted octanol–water partition coefficient (Wildman–Crippen LogP) is 4.21. The van der Waals surface area contributed by atoms with Gasteiger partial charge in [0.1, 0.15) is 0 Å². The van der Waals surface area contributed by atoms with Crippen molar-refractivity contribution in [3.8, 4) is 0 Å². The summed E-state index contributed by atoms with van der Waals surface area (Å²) in [4.78, 5) is 17.1. The van der Waals surface area contributed by atoms with E-state index in [1.165, 1.54) is 5.56 Å². The van der Waals surface area contributed by atoms with Crippen LogP contribution in [0.15, 0.2) is 54.6 Å². The van der Waals surface area contributed by atoms with E-state index in [4.69, 9.17) is 11.6 Å². The van der Waals surface area contributed by atoms with Crippen molar-refractivity contribution in [1.82, 2.24) is 9.80 Å². The highest BCUT2D eigenvalue weighted by atomic mass is 35.5. The zero-order valence-electron chi connectivity index (χ0n) is 14.7. The molecular formula is C21H25ClN2O.